The van der Waals surface area contributed by atoms with Crippen LogP contribution in [-0.2, 0) is 4.79 Å². The Kier molecular flexibility index (Phi) is 7.51. The monoisotopic (exact) mass is 500 g/mol. The van der Waals surface area contributed by atoms with Crippen molar-refractivity contribution in [1.29, 1.82) is 0 Å². The first-order valence-electron chi connectivity index (χ1n) is 12.7. The van der Waals surface area contributed by atoms with Crippen molar-refractivity contribution in [2.75, 3.05) is 50.7 Å². The summed E-state index contributed by atoms with van der Waals surface area (Å²) in [4.78, 5) is 26.6. The van der Waals surface area contributed by atoms with Crippen LogP contribution in [0.25, 0.3) is 0 Å². The fourth-order valence-corrected chi connectivity index (χ4v) is 5.75. The Morgan fingerprint density at radius 2 is 1.89 bits per heavy atom. The molecule has 3 aliphatic rings. The molecular weight excluding hydrogens is 467 g/mol. The molecule has 35 heavy (non-hydrogen) atoms. The van der Waals surface area contributed by atoms with E-state index in [9.17, 15) is 9.18 Å². The van der Waals surface area contributed by atoms with Gasteiger partial charge in [-0.3, -0.25) is 4.79 Å². The standard InChI is InChI=1S/C26H34ClFN6O/c1-17-14-22(28)24-23(17)25(32-16-31-24)33-10-12-34(13-11-33)26(35)21(18-2-4-19(27)5-3-18)15-30-20-6-8-29-9-7-20/h2-5,16-17,20-22,29-30H,6-15H2,1H3/t17-,21-,22-/m1/s1. The smallest absolute Gasteiger partial charge is 0.231 e. The van der Waals surface area contributed by atoms with Gasteiger partial charge in [-0.25, -0.2) is 14.4 Å². The van der Waals surface area contributed by atoms with Crippen molar-refractivity contribution in [1.82, 2.24) is 25.5 Å². The zero-order valence-corrected chi connectivity index (χ0v) is 21.0. The molecule has 188 valence electrons. The van der Waals surface area contributed by atoms with Gasteiger partial charge in [-0.05, 0) is 56.0 Å². The second-order valence-electron chi connectivity index (χ2n) is 9.95. The zero-order valence-electron chi connectivity index (χ0n) is 20.2. The number of aromatic nitrogens is 2. The summed E-state index contributed by atoms with van der Waals surface area (Å²) in [6.07, 6.45) is 3.06. The first-order chi connectivity index (χ1) is 17.0. The van der Waals surface area contributed by atoms with Gasteiger partial charge in [0, 0.05) is 49.4 Å². The molecule has 0 bridgehead atoms. The molecule has 2 aromatic rings. The highest BCUT2D eigenvalue weighted by molar-refractivity contribution is 6.30. The highest BCUT2D eigenvalue weighted by Gasteiger charge is 2.36. The SMILES string of the molecule is C[C@@H]1C[C@@H](F)c2ncnc(N3CCN(C(=O)[C@H](CNC4CCNCC4)c4ccc(Cl)cc4)CC3)c21. The van der Waals surface area contributed by atoms with Crippen LogP contribution in [0.1, 0.15) is 61.0 Å². The number of carbonyl (C=O) groups is 1. The lowest BCUT2D eigenvalue weighted by molar-refractivity contribution is -0.133. The fraction of sp³-hybridized carbons (Fsp3) is 0.577. The summed E-state index contributed by atoms with van der Waals surface area (Å²) in [5.41, 5.74) is 2.46. The van der Waals surface area contributed by atoms with Gasteiger partial charge in [0.25, 0.3) is 0 Å². The van der Waals surface area contributed by atoms with Crippen LogP contribution in [0.15, 0.2) is 30.6 Å². The molecule has 1 amide bonds. The molecule has 7 nitrogen and oxygen atoms in total. The van der Waals surface area contributed by atoms with Gasteiger partial charge < -0.3 is 20.4 Å². The number of carbonyl (C=O) groups excluding carboxylic acids is 1. The maximum atomic E-state index is 14.4. The number of amides is 1. The molecule has 0 saturated carbocycles. The number of nitrogens with zero attached hydrogens (tertiary/aromatic N) is 4. The quantitative estimate of drug-likeness (QED) is 0.633. The van der Waals surface area contributed by atoms with Crippen LogP contribution >= 0.6 is 11.6 Å². The fourth-order valence-electron chi connectivity index (χ4n) is 5.63. The average molecular weight is 501 g/mol. The Balaban J connectivity index is 1.27. The topological polar surface area (TPSA) is 73.4 Å². The van der Waals surface area contributed by atoms with Crippen molar-refractivity contribution in [3.63, 3.8) is 0 Å². The van der Waals surface area contributed by atoms with E-state index in [2.05, 4.69) is 25.5 Å². The lowest BCUT2D eigenvalue weighted by Gasteiger charge is -2.38. The number of nitrogens with one attached hydrogen (secondary N) is 2. The summed E-state index contributed by atoms with van der Waals surface area (Å²) in [7, 11) is 0. The summed E-state index contributed by atoms with van der Waals surface area (Å²) >= 11 is 6.12. The van der Waals surface area contributed by atoms with Crippen LogP contribution in [0.4, 0.5) is 10.2 Å². The highest BCUT2D eigenvalue weighted by atomic mass is 35.5. The first kappa shape index (κ1) is 24.4. The maximum Gasteiger partial charge on any atom is 0.231 e. The maximum absolute atomic E-state index is 14.4. The van der Waals surface area contributed by atoms with E-state index < -0.39 is 6.17 Å². The Morgan fingerprint density at radius 1 is 1.17 bits per heavy atom. The van der Waals surface area contributed by atoms with E-state index in [4.69, 9.17) is 11.6 Å². The second-order valence-corrected chi connectivity index (χ2v) is 10.4. The molecule has 0 spiro atoms. The summed E-state index contributed by atoms with van der Waals surface area (Å²) in [5, 5.41) is 7.70. The van der Waals surface area contributed by atoms with Crippen molar-refractivity contribution in [2.45, 2.75) is 50.2 Å². The van der Waals surface area contributed by atoms with E-state index >= 15 is 0 Å². The number of piperidine rings is 1. The predicted molar refractivity (Wildman–Crippen MR) is 136 cm³/mol. The molecule has 0 radical (unpaired) electrons. The van der Waals surface area contributed by atoms with Crippen molar-refractivity contribution in [2.24, 2.45) is 0 Å². The summed E-state index contributed by atoms with van der Waals surface area (Å²) in [6.45, 7) is 7.24. The third-order valence-corrected chi connectivity index (χ3v) is 7.91. The minimum atomic E-state index is -1.02. The van der Waals surface area contributed by atoms with Crippen LogP contribution in [0, 0.1) is 0 Å². The number of piperazine rings is 1. The molecular formula is C26H34ClFN6O. The van der Waals surface area contributed by atoms with Crippen LogP contribution in [-0.4, -0.2) is 72.6 Å². The van der Waals surface area contributed by atoms with E-state index in [0.717, 1.165) is 42.9 Å². The molecule has 2 saturated heterocycles. The van der Waals surface area contributed by atoms with E-state index in [1.165, 1.54) is 6.33 Å². The molecule has 0 unspecified atom stereocenters. The Bertz CT molecular complexity index is 1020. The van der Waals surface area contributed by atoms with Crippen LogP contribution in [0.2, 0.25) is 5.02 Å². The van der Waals surface area contributed by atoms with Crippen LogP contribution in [0.5, 0.6) is 0 Å². The first-order valence-corrected chi connectivity index (χ1v) is 13.1. The average Bonchev–Trinajstić information content (AvgIpc) is 3.19. The predicted octanol–water partition coefficient (Wildman–Crippen LogP) is 3.42. The van der Waals surface area contributed by atoms with Gasteiger partial charge in [-0.2, -0.15) is 0 Å². The Morgan fingerprint density at radius 3 is 2.60 bits per heavy atom. The largest absolute Gasteiger partial charge is 0.353 e. The van der Waals surface area contributed by atoms with Crippen molar-refractivity contribution >= 4 is 23.3 Å². The molecule has 3 atom stereocenters. The molecule has 2 aliphatic heterocycles. The minimum Gasteiger partial charge on any atom is -0.353 e. The summed E-state index contributed by atoms with van der Waals surface area (Å²) < 4.78 is 14.4. The highest BCUT2D eigenvalue weighted by Crippen LogP contribution is 2.44. The minimum absolute atomic E-state index is 0.103. The molecule has 2 N–H and O–H groups in total. The van der Waals surface area contributed by atoms with E-state index in [0.29, 0.717) is 55.9 Å². The number of alkyl halides is 1. The van der Waals surface area contributed by atoms with Crippen molar-refractivity contribution in [3.05, 3.63) is 52.4 Å². The number of anilines is 1. The molecule has 1 aromatic heterocycles. The molecule has 2 fully saturated rings. The number of fused-ring (bicyclic) bond motifs is 1. The van der Waals surface area contributed by atoms with Crippen LogP contribution in [0.3, 0.4) is 0 Å². The Labute approximate surface area is 211 Å². The van der Waals surface area contributed by atoms with Gasteiger partial charge in [-0.15, -0.1) is 0 Å². The third-order valence-electron chi connectivity index (χ3n) is 7.65. The van der Waals surface area contributed by atoms with E-state index in [1.54, 1.807) is 0 Å². The number of rotatable bonds is 6. The Hall–Kier alpha value is -2.29. The third kappa shape index (κ3) is 5.29. The molecule has 5 rings (SSSR count). The van der Waals surface area contributed by atoms with Gasteiger partial charge in [-0.1, -0.05) is 30.7 Å². The zero-order chi connectivity index (χ0) is 24.4. The van der Waals surface area contributed by atoms with Crippen LogP contribution < -0.4 is 15.5 Å². The van der Waals surface area contributed by atoms with Gasteiger partial charge in [0.05, 0.1) is 11.6 Å². The van der Waals surface area contributed by atoms with Gasteiger partial charge in [0.2, 0.25) is 5.91 Å². The second kappa shape index (κ2) is 10.8. The molecule has 1 aromatic carbocycles. The van der Waals surface area contributed by atoms with E-state index in [-0.39, 0.29) is 17.7 Å². The molecule has 9 heteroatoms. The summed E-state index contributed by atoms with van der Waals surface area (Å²) in [5.74, 6) is 0.811. The number of hydrogen-bond donors (Lipinski definition) is 2. The van der Waals surface area contributed by atoms with Gasteiger partial charge in [0.1, 0.15) is 18.3 Å². The molecule has 3 heterocycles. The molecule has 1 aliphatic carbocycles. The van der Waals surface area contributed by atoms with Gasteiger partial charge in [0.15, 0.2) is 0 Å². The number of hydrogen-bond acceptors (Lipinski definition) is 6. The van der Waals surface area contributed by atoms with Crippen molar-refractivity contribution in [3.8, 4) is 0 Å². The lowest BCUT2D eigenvalue weighted by Crippen LogP contribution is -2.52. The normalized spacial score (nSPS) is 23.9. The van der Waals surface area contributed by atoms with Gasteiger partial charge >= 0.3 is 0 Å². The van der Waals surface area contributed by atoms with Crippen molar-refractivity contribution < 1.29 is 9.18 Å². The summed E-state index contributed by atoms with van der Waals surface area (Å²) in [6, 6.07) is 8.06. The number of halogens is 2. The number of benzene rings is 1. The van der Waals surface area contributed by atoms with E-state index in [1.807, 2.05) is 36.1 Å². The lowest BCUT2D eigenvalue weighted by atomic mass is 9.95.